The molecule has 4 heteroatoms. The van der Waals surface area contributed by atoms with Gasteiger partial charge in [0.05, 0.1) is 12.2 Å². The van der Waals surface area contributed by atoms with E-state index in [4.69, 9.17) is 4.74 Å². The molecule has 2 aromatic carbocycles. The number of ether oxygens (including phenoxy) is 1. The van der Waals surface area contributed by atoms with E-state index in [0.29, 0.717) is 6.54 Å². The zero-order chi connectivity index (χ0) is 18.4. The lowest BCUT2D eigenvalue weighted by Crippen LogP contribution is -2.34. The molecule has 3 rings (SSSR count). The summed E-state index contributed by atoms with van der Waals surface area (Å²) in [5, 5.41) is 0. The van der Waals surface area contributed by atoms with Gasteiger partial charge in [-0.1, -0.05) is 38.1 Å². The van der Waals surface area contributed by atoms with Crippen molar-refractivity contribution in [2.45, 2.75) is 20.4 Å². The van der Waals surface area contributed by atoms with Gasteiger partial charge in [-0.05, 0) is 48.5 Å². The van der Waals surface area contributed by atoms with Gasteiger partial charge in [-0.3, -0.25) is 9.78 Å². The summed E-state index contributed by atoms with van der Waals surface area (Å²) in [6.45, 7) is 4.25. The number of hydrogen-bond donors (Lipinski definition) is 0. The second-order valence-electron chi connectivity index (χ2n) is 6.31. The van der Waals surface area contributed by atoms with Crippen LogP contribution in [0.1, 0.15) is 19.5 Å². The molecule has 0 fully saturated rings. The molecule has 132 valence electrons. The molecule has 0 atom stereocenters. The zero-order valence-electron chi connectivity index (χ0n) is 15.0. The first kappa shape index (κ1) is 17.7. The molecule has 0 aliphatic carbocycles. The maximum absolute atomic E-state index is 12.7. The van der Waals surface area contributed by atoms with Crippen molar-refractivity contribution < 1.29 is 9.53 Å². The molecule has 0 saturated heterocycles. The SMILES string of the molecule is CC(C)C(=O)N(Cc1ccccn1)c1ccc(Oc2ccccc2)cc1. The Kier molecular flexibility index (Phi) is 5.64. The number of para-hydroxylation sites is 1. The molecule has 0 bridgehead atoms. The van der Waals surface area contributed by atoms with E-state index in [1.807, 2.05) is 86.6 Å². The summed E-state index contributed by atoms with van der Waals surface area (Å²) in [6, 6.07) is 22.9. The third-order valence-electron chi connectivity index (χ3n) is 3.93. The van der Waals surface area contributed by atoms with Crippen LogP contribution < -0.4 is 9.64 Å². The fourth-order valence-electron chi connectivity index (χ4n) is 2.58. The zero-order valence-corrected chi connectivity index (χ0v) is 15.0. The quantitative estimate of drug-likeness (QED) is 0.626. The monoisotopic (exact) mass is 346 g/mol. The van der Waals surface area contributed by atoms with Crippen LogP contribution in [0.2, 0.25) is 0 Å². The molecular weight excluding hydrogens is 324 g/mol. The predicted octanol–water partition coefficient (Wildman–Crippen LogP) is 5.06. The van der Waals surface area contributed by atoms with Crippen LogP contribution in [0.25, 0.3) is 0 Å². The summed E-state index contributed by atoms with van der Waals surface area (Å²) < 4.78 is 5.82. The summed E-state index contributed by atoms with van der Waals surface area (Å²) >= 11 is 0. The van der Waals surface area contributed by atoms with Gasteiger partial charge in [-0.2, -0.15) is 0 Å². The Balaban J connectivity index is 1.81. The van der Waals surface area contributed by atoms with E-state index in [-0.39, 0.29) is 11.8 Å². The lowest BCUT2D eigenvalue weighted by molar-refractivity contribution is -0.121. The average Bonchev–Trinajstić information content (AvgIpc) is 2.68. The van der Waals surface area contributed by atoms with Gasteiger partial charge in [0.1, 0.15) is 11.5 Å². The molecule has 3 aromatic rings. The third-order valence-corrected chi connectivity index (χ3v) is 3.93. The van der Waals surface area contributed by atoms with Gasteiger partial charge in [0.2, 0.25) is 5.91 Å². The van der Waals surface area contributed by atoms with Crippen LogP contribution in [-0.4, -0.2) is 10.9 Å². The Morgan fingerprint density at radius 1 is 0.923 bits per heavy atom. The van der Waals surface area contributed by atoms with Gasteiger partial charge in [-0.25, -0.2) is 0 Å². The van der Waals surface area contributed by atoms with Crippen molar-refractivity contribution in [3.05, 3.63) is 84.7 Å². The number of rotatable bonds is 6. The highest BCUT2D eigenvalue weighted by Gasteiger charge is 2.19. The summed E-state index contributed by atoms with van der Waals surface area (Å²) in [4.78, 5) is 18.8. The minimum Gasteiger partial charge on any atom is -0.457 e. The lowest BCUT2D eigenvalue weighted by atomic mass is 10.1. The Bertz CT molecular complexity index is 831. The average molecular weight is 346 g/mol. The molecule has 26 heavy (non-hydrogen) atoms. The summed E-state index contributed by atoms with van der Waals surface area (Å²) in [5.41, 5.74) is 1.68. The molecule has 0 spiro atoms. The van der Waals surface area contributed by atoms with E-state index in [2.05, 4.69) is 4.98 Å². The number of pyridine rings is 1. The van der Waals surface area contributed by atoms with Crippen LogP contribution in [0.5, 0.6) is 11.5 Å². The number of benzene rings is 2. The Labute approximate surface area is 154 Å². The van der Waals surface area contributed by atoms with E-state index < -0.39 is 0 Å². The molecule has 4 nitrogen and oxygen atoms in total. The molecule has 0 radical (unpaired) electrons. The smallest absolute Gasteiger partial charge is 0.229 e. The van der Waals surface area contributed by atoms with E-state index in [9.17, 15) is 4.79 Å². The number of hydrogen-bond acceptors (Lipinski definition) is 3. The van der Waals surface area contributed by atoms with Gasteiger partial charge < -0.3 is 9.64 Å². The third kappa shape index (κ3) is 4.48. The molecular formula is C22H22N2O2. The van der Waals surface area contributed by atoms with Crippen molar-refractivity contribution in [1.82, 2.24) is 4.98 Å². The molecule has 1 aromatic heterocycles. The number of amides is 1. The van der Waals surface area contributed by atoms with E-state index in [1.165, 1.54) is 0 Å². The van der Waals surface area contributed by atoms with Crippen LogP contribution in [0, 0.1) is 5.92 Å². The first-order chi connectivity index (χ1) is 12.6. The van der Waals surface area contributed by atoms with Crippen LogP contribution in [0.3, 0.4) is 0 Å². The fraction of sp³-hybridized carbons (Fsp3) is 0.182. The number of carbonyl (C=O) groups is 1. The number of anilines is 1. The van der Waals surface area contributed by atoms with Crippen LogP contribution in [-0.2, 0) is 11.3 Å². The Morgan fingerprint density at radius 3 is 2.19 bits per heavy atom. The van der Waals surface area contributed by atoms with Crippen molar-refractivity contribution >= 4 is 11.6 Å². The highest BCUT2D eigenvalue weighted by Crippen LogP contribution is 2.26. The number of carbonyl (C=O) groups excluding carboxylic acids is 1. The molecule has 0 saturated carbocycles. The fourth-order valence-corrected chi connectivity index (χ4v) is 2.58. The maximum atomic E-state index is 12.7. The van der Waals surface area contributed by atoms with E-state index in [0.717, 1.165) is 22.9 Å². The predicted molar refractivity (Wildman–Crippen MR) is 103 cm³/mol. The van der Waals surface area contributed by atoms with Gasteiger partial charge in [0.25, 0.3) is 0 Å². The second kappa shape index (κ2) is 8.30. The normalized spacial score (nSPS) is 10.6. The summed E-state index contributed by atoms with van der Waals surface area (Å²) in [6.07, 6.45) is 1.74. The largest absolute Gasteiger partial charge is 0.457 e. The summed E-state index contributed by atoms with van der Waals surface area (Å²) in [7, 11) is 0. The molecule has 0 aliphatic rings. The van der Waals surface area contributed by atoms with E-state index in [1.54, 1.807) is 11.1 Å². The van der Waals surface area contributed by atoms with Gasteiger partial charge in [-0.15, -0.1) is 0 Å². The molecule has 1 amide bonds. The molecule has 0 aliphatic heterocycles. The standard InChI is InChI=1S/C22H22N2O2/c1-17(2)22(25)24(16-18-8-6-7-15-23-18)19-11-13-21(14-12-19)26-20-9-4-3-5-10-20/h3-15,17H,16H2,1-2H3. The van der Waals surface area contributed by atoms with Crippen molar-refractivity contribution in [2.75, 3.05) is 4.90 Å². The van der Waals surface area contributed by atoms with Crippen LogP contribution in [0.4, 0.5) is 5.69 Å². The maximum Gasteiger partial charge on any atom is 0.229 e. The van der Waals surface area contributed by atoms with Crippen molar-refractivity contribution in [2.24, 2.45) is 5.92 Å². The van der Waals surface area contributed by atoms with Crippen LogP contribution in [0.15, 0.2) is 79.0 Å². The molecule has 0 N–H and O–H groups in total. The number of aromatic nitrogens is 1. The van der Waals surface area contributed by atoms with Crippen LogP contribution >= 0.6 is 0 Å². The molecule has 0 unspecified atom stereocenters. The number of nitrogens with zero attached hydrogens (tertiary/aromatic N) is 2. The topological polar surface area (TPSA) is 42.4 Å². The lowest BCUT2D eigenvalue weighted by Gasteiger charge is -2.24. The van der Waals surface area contributed by atoms with Gasteiger partial charge in [0.15, 0.2) is 0 Å². The first-order valence-corrected chi connectivity index (χ1v) is 8.68. The van der Waals surface area contributed by atoms with E-state index >= 15 is 0 Å². The van der Waals surface area contributed by atoms with Gasteiger partial charge in [0, 0.05) is 17.8 Å². The van der Waals surface area contributed by atoms with Gasteiger partial charge >= 0.3 is 0 Å². The first-order valence-electron chi connectivity index (χ1n) is 8.68. The molecule has 1 heterocycles. The van der Waals surface area contributed by atoms with Crippen molar-refractivity contribution in [3.63, 3.8) is 0 Å². The second-order valence-corrected chi connectivity index (χ2v) is 6.31. The van der Waals surface area contributed by atoms with Crippen molar-refractivity contribution in [1.29, 1.82) is 0 Å². The Morgan fingerprint density at radius 2 is 1.58 bits per heavy atom. The summed E-state index contributed by atoms with van der Waals surface area (Å²) in [5.74, 6) is 1.48. The minimum absolute atomic E-state index is 0.0624. The minimum atomic E-state index is -0.0982. The highest BCUT2D eigenvalue weighted by molar-refractivity contribution is 5.94. The Hall–Kier alpha value is -3.14. The van der Waals surface area contributed by atoms with Crippen molar-refractivity contribution in [3.8, 4) is 11.5 Å². The highest BCUT2D eigenvalue weighted by atomic mass is 16.5.